The van der Waals surface area contributed by atoms with Crippen LogP contribution >= 0.6 is 0 Å². The molecule has 0 saturated carbocycles. The fourth-order valence-corrected chi connectivity index (χ4v) is 3.56. The first-order valence-electron chi connectivity index (χ1n) is 11.7. The Morgan fingerprint density at radius 3 is 2.68 bits per heavy atom. The number of pyridine rings is 1. The number of hydrogen-bond acceptors (Lipinski definition) is 7. The number of amides is 2. The van der Waals surface area contributed by atoms with Crippen LogP contribution in [0.25, 0.3) is 0 Å². The molecule has 0 unspecified atom stereocenters. The molecule has 0 saturated heterocycles. The summed E-state index contributed by atoms with van der Waals surface area (Å²) in [6.07, 6.45) is 6.10. The number of nitrogens with zero attached hydrogens (tertiary/aromatic N) is 2. The van der Waals surface area contributed by atoms with Crippen LogP contribution in [0.1, 0.15) is 79.9 Å². The van der Waals surface area contributed by atoms with Crippen LogP contribution in [0, 0.1) is 0 Å². The molecule has 9 heteroatoms. The maximum Gasteiger partial charge on any atom is 0.410 e. The normalized spacial score (nSPS) is 13.2. The molecular weight excluding hydrogens is 438 g/mol. The number of nitrogens with one attached hydrogen (secondary N) is 1. The van der Waals surface area contributed by atoms with Crippen molar-refractivity contribution in [1.29, 1.82) is 0 Å². The Balaban J connectivity index is 1.53. The highest BCUT2D eigenvalue weighted by Gasteiger charge is 2.28. The van der Waals surface area contributed by atoms with Crippen LogP contribution in [-0.2, 0) is 11.2 Å². The van der Waals surface area contributed by atoms with Gasteiger partial charge in [0.05, 0.1) is 29.6 Å². The molecule has 1 aliphatic carbocycles. The van der Waals surface area contributed by atoms with Crippen LogP contribution in [0.2, 0.25) is 0 Å². The van der Waals surface area contributed by atoms with E-state index in [1.165, 1.54) is 12.5 Å². The number of Topliss-reactive ketones (excluding diaryl/α,β-unsaturated/α-hetero) is 1. The second kappa shape index (κ2) is 11.2. The predicted octanol–water partition coefficient (Wildman–Crippen LogP) is 4.86. The van der Waals surface area contributed by atoms with Crippen molar-refractivity contribution in [3.8, 4) is 5.88 Å². The number of rotatable bonds is 9. The van der Waals surface area contributed by atoms with E-state index in [0.717, 1.165) is 19.3 Å². The van der Waals surface area contributed by atoms with Crippen LogP contribution < -0.4 is 10.1 Å². The molecule has 3 rings (SSSR count). The first-order chi connectivity index (χ1) is 16.2. The molecule has 0 fully saturated rings. The highest BCUT2D eigenvalue weighted by Crippen LogP contribution is 2.27. The molecule has 0 radical (unpaired) electrons. The molecule has 0 spiro atoms. The van der Waals surface area contributed by atoms with E-state index >= 15 is 0 Å². The van der Waals surface area contributed by atoms with Crippen molar-refractivity contribution in [2.75, 3.05) is 25.0 Å². The van der Waals surface area contributed by atoms with Gasteiger partial charge < -0.3 is 24.1 Å². The summed E-state index contributed by atoms with van der Waals surface area (Å²) in [5.74, 6) is 0.456. The number of ether oxygens (including phenoxy) is 2. The lowest BCUT2D eigenvalue weighted by Gasteiger charge is -2.27. The third kappa shape index (κ3) is 6.82. The van der Waals surface area contributed by atoms with E-state index in [2.05, 4.69) is 17.2 Å². The highest BCUT2D eigenvalue weighted by atomic mass is 16.6. The van der Waals surface area contributed by atoms with Crippen molar-refractivity contribution in [3.05, 3.63) is 41.5 Å². The molecular formula is C25H33N3O6. The number of carbonyl (C=O) groups is 3. The fourth-order valence-electron chi connectivity index (χ4n) is 3.56. The van der Waals surface area contributed by atoms with Crippen LogP contribution in [0.15, 0.2) is 29.0 Å². The van der Waals surface area contributed by atoms with Crippen LogP contribution in [-0.4, -0.2) is 53.0 Å². The topological polar surface area (TPSA) is 111 Å². The van der Waals surface area contributed by atoms with Gasteiger partial charge in [0.15, 0.2) is 5.78 Å². The fraction of sp³-hybridized carbons (Fsp3) is 0.520. The third-order valence-corrected chi connectivity index (χ3v) is 5.24. The first kappa shape index (κ1) is 25.3. The molecule has 0 atom stereocenters. The Hall–Kier alpha value is -3.36. The molecule has 9 nitrogen and oxygen atoms in total. The number of furan rings is 1. The van der Waals surface area contributed by atoms with E-state index in [0.29, 0.717) is 48.8 Å². The third-order valence-electron chi connectivity index (χ3n) is 5.24. The molecule has 0 aliphatic heterocycles. The van der Waals surface area contributed by atoms with Crippen LogP contribution in [0.4, 0.5) is 10.5 Å². The van der Waals surface area contributed by atoms with Crippen molar-refractivity contribution >= 4 is 23.5 Å². The van der Waals surface area contributed by atoms with Gasteiger partial charge in [0.2, 0.25) is 5.88 Å². The number of unbranched alkanes of at least 4 members (excludes halogenated alkanes) is 1. The van der Waals surface area contributed by atoms with Crippen molar-refractivity contribution in [3.63, 3.8) is 0 Å². The van der Waals surface area contributed by atoms with E-state index in [4.69, 9.17) is 13.9 Å². The minimum Gasteiger partial charge on any atom is -0.476 e. The minimum absolute atomic E-state index is 0.0682. The van der Waals surface area contributed by atoms with E-state index < -0.39 is 11.5 Å². The lowest BCUT2D eigenvalue weighted by Crippen LogP contribution is -2.39. The maximum absolute atomic E-state index is 12.6. The number of ketones is 1. The van der Waals surface area contributed by atoms with Crippen LogP contribution in [0.5, 0.6) is 5.88 Å². The molecule has 0 aromatic carbocycles. The second-order valence-electron chi connectivity index (χ2n) is 9.23. The SMILES string of the molecule is CCCCN(CCOc1ccc(NC(=O)c2coc3c2C(=O)CCC3)cn1)C(=O)OC(C)(C)C. The molecule has 2 aromatic heterocycles. The van der Waals surface area contributed by atoms with Gasteiger partial charge in [-0.25, -0.2) is 9.78 Å². The zero-order chi connectivity index (χ0) is 24.7. The van der Waals surface area contributed by atoms with Crippen molar-refractivity contribution in [2.24, 2.45) is 0 Å². The average molecular weight is 472 g/mol. The molecule has 2 amide bonds. The van der Waals surface area contributed by atoms with Gasteiger partial charge >= 0.3 is 6.09 Å². The van der Waals surface area contributed by atoms with E-state index in [9.17, 15) is 14.4 Å². The van der Waals surface area contributed by atoms with Gasteiger partial charge in [0, 0.05) is 25.5 Å². The summed E-state index contributed by atoms with van der Waals surface area (Å²) in [5, 5.41) is 2.74. The molecule has 1 aliphatic rings. The summed E-state index contributed by atoms with van der Waals surface area (Å²) in [4.78, 5) is 43.1. The summed E-state index contributed by atoms with van der Waals surface area (Å²) in [7, 11) is 0. The minimum atomic E-state index is -0.562. The van der Waals surface area contributed by atoms with E-state index in [1.807, 2.05) is 20.8 Å². The molecule has 0 bridgehead atoms. The van der Waals surface area contributed by atoms with Crippen molar-refractivity contribution in [1.82, 2.24) is 9.88 Å². The number of anilines is 1. The summed E-state index contributed by atoms with van der Waals surface area (Å²) >= 11 is 0. The smallest absolute Gasteiger partial charge is 0.410 e. The van der Waals surface area contributed by atoms with Gasteiger partial charge in [0.25, 0.3) is 5.91 Å². The summed E-state index contributed by atoms with van der Waals surface area (Å²) in [6, 6.07) is 3.30. The Morgan fingerprint density at radius 2 is 2.00 bits per heavy atom. The molecule has 2 aromatic rings. The molecule has 184 valence electrons. The van der Waals surface area contributed by atoms with Gasteiger partial charge in [-0.15, -0.1) is 0 Å². The van der Waals surface area contributed by atoms with Gasteiger partial charge in [-0.2, -0.15) is 0 Å². The van der Waals surface area contributed by atoms with Crippen molar-refractivity contribution in [2.45, 2.75) is 65.4 Å². The number of hydrogen-bond donors (Lipinski definition) is 1. The monoisotopic (exact) mass is 471 g/mol. The zero-order valence-electron chi connectivity index (χ0n) is 20.3. The lowest BCUT2D eigenvalue weighted by molar-refractivity contribution is 0.0222. The van der Waals surface area contributed by atoms with Gasteiger partial charge in [0.1, 0.15) is 24.2 Å². The van der Waals surface area contributed by atoms with E-state index in [-0.39, 0.29) is 24.0 Å². The zero-order valence-corrected chi connectivity index (χ0v) is 20.3. The van der Waals surface area contributed by atoms with Crippen LogP contribution in [0.3, 0.4) is 0 Å². The molecule has 1 N–H and O–H groups in total. The number of aromatic nitrogens is 1. The molecule has 2 heterocycles. The summed E-state index contributed by atoms with van der Waals surface area (Å²) in [5.41, 5.74) is 0.533. The summed E-state index contributed by atoms with van der Waals surface area (Å²) < 4.78 is 16.6. The highest BCUT2D eigenvalue weighted by molar-refractivity contribution is 6.13. The van der Waals surface area contributed by atoms with Gasteiger partial charge in [-0.1, -0.05) is 13.3 Å². The predicted molar refractivity (Wildman–Crippen MR) is 126 cm³/mol. The largest absolute Gasteiger partial charge is 0.476 e. The Bertz CT molecular complexity index is 1010. The average Bonchev–Trinajstić information content (AvgIpc) is 3.22. The van der Waals surface area contributed by atoms with Crippen molar-refractivity contribution < 1.29 is 28.3 Å². The number of carbonyl (C=O) groups excluding carboxylic acids is 3. The number of fused-ring (bicyclic) bond motifs is 1. The van der Waals surface area contributed by atoms with Gasteiger partial charge in [-0.3, -0.25) is 9.59 Å². The standard InChI is InChI=1S/C25H33N3O6/c1-5-6-12-28(24(31)34-25(2,3)4)13-14-32-21-11-10-17(15-26-21)27-23(30)18-16-33-20-9-7-8-19(29)22(18)20/h10-11,15-16H,5-9,12-14H2,1-4H3,(H,27,30). The van der Waals surface area contributed by atoms with E-state index in [1.54, 1.807) is 17.0 Å². The summed E-state index contributed by atoms with van der Waals surface area (Å²) in [6.45, 7) is 8.79. The lowest BCUT2D eigenvalue weighted by atomic mass is 9.94. The molecule has 34 heavy (non-hydrogen) atoms. The second-order valence-corrected chi connectivity index (χ2v) is 9.23. The maximum atomic E-state index is 12.6. The van der Waals surface area contributed by atoms with Gasteiger partial charge in [-0.05, 0) is 39.7 Å². The number of aryl methyl sites for hydroxylation is 1. The Kier molecular flexibility index (Phi) is 8.31. The Labute approximate surface area is 199 Å². The first-order valence-corrected chi connectivity index (χ1v) is 11.7. The quantitative estimate of drug-likeness (QED) is 0.556. The Morgan fingerprint density at radius 1 is 1.21 bits per heavy atom.